The third kappa shape index (κ3) is 4.49. The van der Waals surface area contributed by atoms with Gasteiger partial charge in [-0.05, 0) is 6.92 Å². The molecule has 20 heavy (non-hydrogen) atoms. The summed E-state index contributed by atoms with van der Waals surface area (Å²) in [6.07, 6.45) is 0. The number of ether oxygens (including phenoxy) is 1. The summed E-state index contributed by atoms with van der Waals surface area (Å²) in [6, 6.07) is 2.56. The SMILES string of the molecule is CCOc1cc(NCCNC(=O)N(C)C)c(N)cc1F. The number of hydrogen-bond acceptors (Lipinski definition) is 4. The van der Waals surface area contributed by atoms with E-state index in [0.717, 1.165) is 0 Å². The molecule has 0 radical (unpaired) electrons. The number of nitrogens with one attached hydrogen (secondary N) is 2. The molecule has 6 nitrogen and oxygen atoms in total. The molecule has 7 heteroatoms. The molecule has 0 atom stereocenters. The predicted molar refractivity (Wildman–Crippen MR) is 77.6 cm³/mol. The summed E-state index contributed by atoms with van der Waals surface area (Å²) < 4.78 is 18.7. The molecule has 1 rings (SSSR count). The first-order valence-corrected chi connectivity index (χ1v) is 6.36. The highest BCUT2D eigenvalue weighted by Gasteiger charge is 2.09. The minimum absolute atomic E-state index is 0.154. The number of urea groups is 1. The highest BCUT2D eigenvalue weighted by molar-refractivity contribution is 5.73. The van der Waals surface area contributed by atoms with Crippen LogP contribution in [0.5, 0.6) is 5.75 Å². The zero-order valence-corrected chi connectivity index (χ0v) is 12.0. The predicted octanol–water partition coefficient (Wildman–Crippen LogP) is 1.49. The summed E-state index contributed by atoms with van der Waals surface area (Å²) >= 11 is 0. The fourth-order valence-electron chi connectivity index (χ4n) is 1.51. The van der Waals surface area contributed by atoms with Gasteiger partial charge in [-0.25, -0.2) is 9.18 Å². The molecule has 0 aliphatic carbocycles. The molecule has 0 aromatic heterocycles. The Kier molecular flexibility index (Phi) is 5.89. The van der Waals surface area contributed by atoms with Crippen LogP contribution in [0.1, 0.15) is 6.92 Å². The largest absolute Gasteiger partial charge is 0.491 e. The first kappa shape index (κ1) is 15.9. The van der Waals surface area contributed by atoms with Gasteiger partial charge in [-0.3, -0.25) is 0 Å². The molecule has 0 heterocycles. The Bertz CT molecular complexity index is 466. The molecule has 0 aliphatic heterocycles. The quantitative estimate of drug-likeness (QED) is 0.546. The number of carbonyl (C=O) groups is 1. The summed E-state index contributed by atoms with van der Waals surface area (Å²) in [4.78, 5) is 12.7. The lowest BCUT2D eigenvalue weighted by atomic mass is 10.2. The number of benzene rings is 1. The van der Waals surface area contributed by atoms with Gasteiger partial charge in [-0.15, -0.1) is 0 Å². The number of rotatable bonds is 6. The molecule has 0 saturated heterocycles. The van der Waals surface area contributed by atoms with E-state index in [1.54, 1.807) is 21.0 Å². The lowest BCUT2D eigenvalue weighted by Crippen LogP contribution is -2.37. The van der Waals surface area contributed by atoms with E-state index in [1.807, 2.05) is 0 Å². The van der Waals surface area contributed by atoms with Crippen LogP contribution in [0.2, 0.25) is 0 Å². The molecule has 4 N–H and O–H groups in total. The van der Waals surface area contributed by atoms with Crippen LogP contribution >= 0.6 is 0 Å². The van der Waals surface area contributed by atoms with Crippen molar-refractivity contribution in [1.29, 1.82) is 0 Å². The number of nitrogens with two attached hydrogens (primary N) is 1. The van der Waals surface area contributed by atoms with Crippen molar-refractivity contribution >= 4 is 17.4 Å². The number of amides is 2. The lowest BCUT2D eigenvalue weighted by Gasteiger charge is -2.14. The van der Waals surface area contributed by atoms with Gasteiger partial charge in [0.25, 0.3) is 0 Å². The van der Waals surface area contributed by atoms with Crippen LogP contribution < -0.4 is 21.1 Å². The van der Waals surface area contributed by atoms with E-state index in [-0.39, 0.29) is 11.8 Å². The Balaban J connectivity index is 2.55. The van der Waals surface area contributed by atoms with Crippen LogP contribution in [-0.2, 0) is 0 Å². The van der Waals surface area contributed by atoms with E-state index in [4.69, 9.17) is 10.5 Å². The lowest BCUT2D eigenvalue weighted by molar-refractivity contribution is 0.218. The summed E-state index contributed by atoms with van der Waals surface area (Å²) in [7, 11) is 3.32. The van der Waals surface area contributed by atoms with Crippen molar-refractivity contribution in [2.45, 2.75) is 6.92 Å². The summed E-state index contributed by atoms with van der Waals surface area (Å²) in [5.41, 5.74) is 6.60. The molecule has 0 fully saturated rings. The molecule has 0 saturated carbocycles. The Hall–Kier alpha value is -2.18. The van der Waals surface area contributed by atoms with Gasteiger partial charge in [0.2, 0.25) is 0 Å². The van der Waals surface area contributed by atoms with Crippen molar-refractivity contribution < 1.29 is 13.9 Å². The summed E-state index contributed by atoms with van der Waals surface area (Å²) in [5.74, 6) is -0.336. The van der Waals surface area contributed by atoms with E-state index in [2.05, 4.69) is 10.6 Å². The van der Waals surface area contributed by atoms with Crippen LogP contribution in [0.4, 0.5) is 20.6 Å². The maximum absolute atomic E-state index is 13.5. The monoisotopic (exact) mass is 284 g/mol. The third-order valence-corrected chi connectivity index (χ3v) is 2.53. The van der Waals surface area contributed by atoms with Crippen molar-refractivity contribution in [3.8, 4) is 5.75 Å². The normalized spacial score (nSPS) is 10.0. The molecular weight excluding hydrogens is 263 g/mol. The fourth-order valence-corrected chi connectivity index (χ4v) is 1.51. The first-order valence-electron chi connectivity index (χ1n) is 6.36. The Morgan fingerprint density at radius 3 is 2.70 bits per heavy atom. The minimum Gasteiger partial charge on any atom is -0.491 e. The van der Waals surface area contributed by atoms with Gasteiger partial charge in [0.05, 0.1) is 18.0 Å². The number of halogens is 1. The second-order valence-corrected chi connectivity index (χ2v) is 4.36. The summed E-state index contributed by atoms with van der Waals surface area (Å²) in [5, 5.41) is 5.73. The second kappa shape index (κ2) is 7.42. The molecular formula is C13H21FN4O2. The topological polar surface area (TPSA) is 79.6 Å². The molecule has 0 aliphatic rings. The van der Waals surface area contributed by atoms with Crippen LogP contribution in [0.15, 0.2) is 12.1 Å². The van der Waals surface area contributed by atoms with Gasteiger partial charge < -0.3 is 26.0 Å². The van der Waals surface area contributed by atoms with E-state index < -0.39 is 5.82 Å². The fraction of sp³-hybridized carbons (Fsp3) is 0.462. The maximum atomic E-state index is 13.5. The standard InChI is InChI=1S/C13H21FN4O2/c1-4-20-12-8-11(10(15)7-9(12)14)16-5-6-17-13(19)18(2)3/h7-8,16H,4-6,15H2,1-3H3,(H,17,19). The highest BCUT2D eigenvalue weighted by Crippen LogP contribution is 2.27. The smallest absolute Gasteiger partial charge is 0.316 e. The zero-order chi connectivity index (χ0) is 15.1. The molecule has 0 unspecified atom stereocenters. The Labute approximate surface area is 118 Å². The molecule has 2 amide bonds. The van der Waals surface area contributed by atoms with Crippen LogP contribution in [0, 0.1) is 5.82 Å². The van der Waals surface area contributed by atoms with E-state index in [1.165, 1.54) is 17.0 Å². The van der Waals surface area contributed by atoms with Crippen molar-refractivity contribution in [2.75, 3.05) is 44.8 Å². The van der Waals surface area contributed by atoms with Crippen LogP contribution in [-0.4, -0.2) is 44.7 Å². The second-order valence-electron chi connectivity index (χ2n) is 4.36. The zero-order valence-electron chi connectivity index (χ0n) is 12.0. The molecule has 0 spiro atoms. The number of hydrogen-bond donors (Lipinski definition) is 3. The summed E-state index contributed by atoms with van der Waals surface area (Å²) in [6.45, 7) is 3.05. The van der Waals surface area contributed by atoms with Crippen molar-refractivity contribution in [3.05, 3.63) is 17.9 Å². The number of anilines is 2. The van der Waals surface area contributed by atoms with Gasteiger partial charge in [0, 0.05) is 39.3 Å². The van der Waals surface area contributed by atoms with Gasteiger partial charge in [0.1, 0.15) is 0 Å². The maximum Gasteiger partial charge on any atom is 0.316 e. The highest BCUT2D eigenvalue weighted by atomic mass is 19.1. The van der Waals surface area contributed by atoms with Crippen LogP contribution in [0.25, 0.3) is 0 Å². The Morgan fingerprint density at radius 1 is 1.40 bits per heavy atom. The van der Waals surface area contributed by atoms with E-state index in [9.17, 15) is 9.18 Å². The minimum atomic E-state index is -0.490. The third-order valence-electron chi connectivity index (χ3n) is 2.53. The molecule has 0 bridgehead atoms. The first-order chi connectivity index (χ1) is 9.45. The van der Waals surface area contributed by atoms with Crippen molar-refractivity contribution in [2.24, 2.45) is 0 Å². The van der Waals surface area contributed by atoms with Gasteiger partial charge in [-0.1, -0.05) is 0 Å². The van der Waals surface area contributed by atoms with E-state index in [0.29, 0.717) is 31.1 Å². The average Bonchev–Trinajstić information content (AvgIpc) is 2.39. The van der Waals surface area contributed by atoms with Gasteiger partial charge >= 0.3 is 6.03 Å². The van der Waals surface area contributed by atoms with Gasteiger partial charge in [-0.2, -0.15) is 0 Å². The Morgan fingerprint density at radius 2 is 2.10 bits per heavy atom. The van der Waals surface area contributed by atoms with Crippen molar-refractivity contribution in [3.63, 3.8) is 0 Å². The number of carbonyl (C=O) groups excluding carboxylic acids is 1. The van der Waals surface area contributed by atoms with Crippen LogP contribution in [0.3, 0.4) is 0 Å². The van der Waals surface area contributed by atoms with E-state index >= 15 is 0 Å². The van der Waals surface area contributed by atoms with Crippen molar-refractivity contribution in [1.82, 2.24) is 10.2 Å². The average molecular weight is 284 g/mol. The number of nitrogen functional groups attached to an aromatic ring is 1. The molecule has 1 aromatic rings. The molecule has 1 aromatic carbocycles. The molecule has 112 valence electrons. The van der Waals surface area contributed by atoms with Gasteiger partial charge in [0.15, 0.2) is 11.6 Å². The number of nitrogens with zero attached hydrogens (tertiary/aromatic N) is 1.